The van der Waals surface area contributed by atoms with E-state index in [1.165, 1.54) is 0 Å². The fraction of sp³-hybridized carbons (Fsp3) is 0.500. The maximum Gasteiger partial charge on any atom is 0.339 e. The number of hydrogen-bond acceptors (Lipinski definition) is 10. The number of carbonyl (C=O) groups is 4. The monoisotopic (exact) mass is 504 g/mol. The number of aliphatic hydroxyl groups is 1. The predicted octanol–water partition coefficient (Wildman–Crippen LogP) is -0.00542. The van der Waals surface area contributed by atoms with Gasteiger partial charge in [-0.3, -0.25) is 14.4 Å². The third-order valence-corrected chi connectivity index (χ3v) is 5.90. The molecule has 1 amide bonds. The number of nitrogens with one attached hydrogen (secondary N) is 1. The normalized spacial score (nSPS) is 18.7. The average Bonchev–Trinajstić information content (AvgIpc) is 3.32. The standard InChI is InChI=1S/C16H20N6O.C6H8O7/c1-11-5-8-22(14(23)3-6-17)9-13(11)21(2)16-12-4-7-18-15(12)19-10-20-16;7-3-13-2-6(12,5(10)11)1-4(8)9/h4,7,10-11,13H,3,5,8-9H2,1-2H3,(H,18,19,20);3,12H,1-2H2,(H,8,9)(H,10,11)/t11-,13+;/m1./s1. The van der Waals surface area contributed by atoms with Crippen LogP contribution in [0.2, 0.25) is 0 Å². The number of carbonyl (C=O) groups excluding carboxylic acids is 2. The first kappa shape index (κ1) is 28.0. The van der Waals surface area contributed by atoms with Crippen LogP contribution >= 0.6 is 0 Å². The van der Waals surface area contributed by atoms with E-state index in [0.717, 1.165) is 29.8 Å². The number of rotatable bonds is 9. The Balaban J connectivity index is 0.000000302. The number of piperidine rings is 1. The fourth-order valence-electron chi connectivity index (χ4n) is 3.87. The number of hydrogen-bond donors (Lipinski definition) is 4. The number of likely N-dealkylation sites (tertiary alicyclic amines) is 1. The smallest absolute Gasteiger partial charge is 0.339 e. The van der Waals surface area contributed by atoms with Gasteiger partial charge in [-0.25, -0.2) is 14.8 Å². The number of H-pyrrole nitrogens is 1. The molecule has 1 saturated heterocycles. The molecule has 0 aliphatic carbocycles. The van der Waals surface area contributed by atoms with Crippen molar-refractivity contribution in [2.24, 2.45) is 5.92 Å². The number of fused-ring (bicyclic) bond motifs is 1. The molecule has 2 aromatic heterocycles. The molecule has 4 N–H and O–H groups in total. The van der Waals surface area contributed by atoms with Crippen molar-refractivity contribution in [2.45, 2.75) is 37.8 Å². The Morgan fingerprint density at radius 2 is 2.11 bits per heavy atom. The molecule has 14 heteroatoms. The summed E-state index contributed by atoms with van der Waals surface area (Å²) >= 11 is 0. The number of aromatic amines is 1. The second-order valence-corrected chi connectivity index (χ2v) is 8.37. The predicted molar refractivity (Wildman–Crippen MR) is 124 cm³/mol. The Kier molecular flexibility index (Phi) is 9.68. The van der Waals surface area contributed by atoms with E-state index in [4.69, 9.17) is 20.6 Å². The highest BCUT2D eigenvalue weighted by Crippen LogP contribution is 2.28. The van der Waals surface area contributed by atoms with Gasteiger partial charge in [-0.05, 0) is 18.4 Å². The molecule has 1 fully saturated rings. The van der Waals surface area contributed by atoms with Crippen molar-refractivity contribution in [1.82, 2.24) is 19.9 Å². The zero-order valence-corrected chi connectivity index (χ0v) is 19.8. The third-order valence-electron chi connectivity index (χ3n) is 5.90. The largest absolute Gasteiger partial charge is 0.481 e. The van der Waals surface area contributed by atoms with Crippen LogP contribution in [0.3, 0.4) is 0 Å². The van der Waals surface area contributed by atoms with Crippen LogP contribution in [0.5, 0.6) is 0 Å². The second kappa shape index (κ2) is 12.5. The van der Waals surface area contributed by atoms with Crippen molar-refractivity contribution in [3.05, 3.63) is 18.6 Å². The maximum atomic E-state index is 12.0. The highest BCUT2D eigenvalue weighted by molar-refractivity contribution is 5.87. The van der Waals surface area contributed by atoms with Crippen molar-refractivity contribution in [1.29, 1.82) is 5.26 Å². The summed E-state index contributed by atoms with van der Waals surface area (Å²) in [5.41, 5.74) is -1.75. The van der Waals surface area contributed by atoms with Gasteiger partial charge in [0.25, 0.3) is 6.47 Å². The highest BCUT2D eigenvalue weighted by Gasteiger charge is 2.39. The van der Waals surface area contributed by atoms with Crippen LogP contribution < -0.4 is 4.90 Å². The Labute approximate surface area is 206 Å². The molecule has 1 aliphatic heterocycles. The van der Waals surface area contributed by atoms with E-state index in [9.17, 15) is 19.2 Å². The van der Waals surface area contributed by atoms with Gasteiger partial charge in [-0.1, -0.05) is 6.92 Å². The van der Waals surface area contributed by atoms with Gasteiger partial charge in [0, 0.05) is 26.3 Å². The van der Waals surface area contributed by atoms with E-state index in [1.54, 1.807) is 11.2 Å². The van der Waals surface area contributed by atoms with Gasteiger partial charge in [-0.15, -0.1) is 0 Å². The molecule has 0 bridgehead atoms. The number of aromatic nitrogens is 3. The number of carboxylic acid groups (broad SMARTS) is 2. The number of likely N-dealkylation sites (N-methyl/N-ethyl adjacent to an activating group) is 1. The van der Waals surface area contributed by atoms with E-state index in [-0.39, 0.29) is 24.8 Å². The molecule has 3 atom stereocenters. The van der Waals surface area contributed by atoms with Crippen molar-refractivity contribution >= 4 is 41.2 Å². The molecule has 194 valence electrons. The molecule has 36 heavy (non-hydrogen) atoms. The summed E-state index contributed by atoms with van der Waals surface area (Å²) in [6.45, 7) is 2.57. The summed E-state index contributed by atoms with van der Waals surface area (Å²) in [6, 6.07) is 4.07. The van der Waals surface area contributed by atoms with Crippen LogP contribution in [0, 0.1) is 17.2 Å². The number of carboxylic acids is 2. The first-order valence-electron chi connectivity index (χ1n) is 10.9. The third kappa shape index (κ3) is 6.89. The molecule has 14 nitrogen and oxygen atoms in total. The van der Waals surface area contributed by atoms with Gasteiger partial charge in [0.15, 0.2) is 0 Å². The van der Waals surface area contributed by atoms with Crippen LogP contribution in [0.4, 0.5) is 5.82 Å². The minimum Gasteiger partial charge on any atom is -0.481 e. The van der Waals surface area contributed by atoms with E-state index >= 15 is 0 Å². The molecular formula is C22H28N6O8. The summed E-state index contributed by atoms with van der Waals surface area (Å²) in [6.07, 6.45) is 3.24. The number of nitrogens with zero attached hydrogens (tertiary/aromatic N) is 5. The second-order valence-electron chi connectivity index (χ2n) is 8.37. The number of aliphatic carboxylic acids is 2. The SMILES string of the molecule is C[C@@H]1CCN(C(=O)CC#N)C[C@@H]1N(C)c1ncnc2[nH]ccc12.O=COCC(O)(CC(=O)O)C(=O)O. The topological polar surface area (TPSA) is 210 Å². The molecule has 3 rings (SSSR count). The molecule has 1 unspecified atom stereocenters. The average molecular weight is 505 g/mol. The summed E-state index contributed by atoms with van der Waals surface area (Å²) < 4.78 is 3.99. The van der Waals surface area contributed by atoms with Gasteiger partial charge >= 0.3 is 11.9 Å². The van der Waals surface area contributed by atoms with E-state index in [2.05, 4.69) is 31.5 Å². The van der Waals surface area contributed by atoms with Gasteiger partial charge in [0.1, 0.15) is 30.8 Å². The molecular weight excluding hydrogens is 476 g/mol. The molecule has 0 radical (unpaired) electrons. The summed E-state index contributed by atoms with van der Waals surface area (Å²) in [5, 5.41) is 35.5. The number of nitriles is 1. The molecule has 0 spiro atoms. The Morgan fingerprint density at radius 3 is 2.72 bits per heavy atom. The first-order valence-corrected chi connectivity index (χ1v) is 10.9. The highest BCUT2D eigenvalue weighted by atomic mass is 16.5. The quantitative estimate of drug-likeness (QED) is 0.332. The molecule has 3 heterocycles. The van der Waals surface area contributed by atoms with E-state index < -0.39 is 30.6 Å². The van der Waals surface area contributed by atoms with Gasteiger partial charge in [0.05, 0.1) is 23.9 Å². The van der Waals surface area contributed by atoms with Gasteiger partial charge in [-0.2, -0.15) is 5.26 Å². The van der Waals surface area contributed by atoms with Gasteiger partial charge in [0.2, 0.25) is 11.5 Å². The van der Waals surface area contributed by atoms with Crippen LogP contribution in [-0.2, 0) is 23.9 Å². The van der Waals surface area contributed by atoms with Crippen molar-refractivity contribution in [2.75, 3.05) is 31.6 Å². The lowest BCUT2D eigenvalue weighted by molar-refractivity contribution is -0.172. The minimum atomic E-state index is -2.56. The lowest BCUT2D eigenvalue weighted by Crippen LogP contribution is -2.52. The molecule has 1 aliphatic rings. The molecule has 2 aromatic rings. The summed E-state index contributed by atoms with van der Waals surface area (Å²) in [5.74, 6) is -2.04. The van der Waals surface area contributed by atoms with E-state index in [1.807, 2.05) is 25.4 Å². The van der Waals surface area contributed by atoms with Crippen molar-refractivity contribution < 1.29 is 39.2 Å². The number of amides is 1. The Bertz CT molecular complexity index is 1130. The maximum absolute atomic E-state index is 12.0. The molecule has 0 aromatic carbocycles. The number of anilines is 1. The lowest BCUT2D eigenvalue weighted by Gasteiger charge is -2.42. The Morgan fingerprint density at radius 1 is 1.39 bits per heavy atom. The fourth-order valence-corrected chi connectivity index (χ4v) is 3.87. The van der Waals surface area contributed by atoms with Crippen LogP contribution in [0.1, 0.15) is 26.2 Å². The lowest BCUT2D eigenvalue weighted by atomic mass is 9.92. The summed E-state index contributed by atoms with van der Waals surface area (Å²) in [4.78, 5) is 57.9. The summed E-state index contributed by atoms with van der Waals surface area (Å²) in [7, 11) is 2.01. The van der Waals surface area contributed by atoms with Crippen LogP contribution in [-0.4, -0.2) is 97.9 Å². The Hall–Kier alpha value is -4.25. The van der Waals surface area contributed by atoms with Crippen molar-refractivity contribution in [3.63, 3.8) is 0 Å². The minimum absolute atomic E-state index is 0.0552. The zero-order chi connectivity index (χ0) is 26.9. The van der Waals surface area contributed by atoms with E-state index in [0.29, 0.717) is 12.5 Å². The molecule has 0 saturated carbocycles. The van der Waals surface area contributed by atoms with Gasteiger partial charge < -0.3 is 34.8 Å². The van der Waals surface area contributed by atoms with Crippen LogP contribution in [0.15, 0.2) is 18.6 Å². The van der Waals surface area contributed by atoms with Crippen molar-refractivity contribution in [3.8, 4) is 6.07 Å². The number of ether oxygens (including phenoxy) is 1. The van der Waals surface area contributed by atoms with Crippen LogP contribution in [0.25, 0.3) is 11.0 Å². The zero-order valence-electron chi connectivity index (χ0n) is 19.8. The first-order chi connectivity index (χ1) is 17.0.